The van der Waals surface area contributed by atoms with E-state index in [-0.39, 0.29) is 0 Å². The molecule has 2 aliphatic rings. The predicted octanol–water partition coefficient (Wildman–Crippen LogP) is 2.31. The Hall–Kier alpha value is -0.420. The minimum atomic E-state index is 0.387. The number of likely N-dealkylation sites (N-methyl/N-ethyl adjacent to an activating group) is 1. The fraction of sp³-hybridized carbons (Fsp3) is 0.938. The second-order valence-electron chi connectivity index (χ2n) is 6.67. The second kappa shape index (κ2) is 8.28. The van der Waals surface area contributed by atoms with Gasteiger partial charge in [0, 0.05) is 37.5 Å². The monoisotopic (exact) mass is 312 g/mol. The van der Waals surface area contributed by atoms with E-state index < -0.39 is 0 Å². The van der Waals surface area contributed by atoms with Crippen LogP contribution in [-0.4, -0.2) is 61.1 Å². The topological polar surface area (TPSA) is 39.7 Å². The van der Waals surface area contributed by atoms with Crippen molar-refractivity contribution in [3.63, 3.8) is 0 Å². The first-order valence-electron chi connectivity index (χ1n) is 8.42. The van der Waals surface area contributed by atoms with Gasteiger partial charge in [-0.25, -0.2) is 0 Å². The highest BCUT2D eigenvalue weighted by atomic mass is 32.2. The Morgan fingerprint density at radius 2 is 2.05 bits per heavy atom. The van der Waals surface area contributed by atoms with Gasteiger partial charge in [0.05, 0.1) is 0 Å². The fourth-order valence-corrected chi connectivity index (χ4v) is 4.59. The predicted molar refractivity (Wildman–Crippen MR) is 94.3 cm³/mol. The summed E-state index contributed by atoms with van der Waals surface area (Å²) < 4.78 is 0.387. The number of hydrogen-bond acceptors (Lipinski definition) is 3. The van der Waals surface area contributed by atoms with E-state index in [1.54, 1.807) is 0 Å². The lowest BCUT2D eigenvalue weighted by atomic mass is 10.1. The van der Waals surface area contributed by atoms with E-state index >= 15 is 0 Å². The number of aliphatic imine (C=N–C) groups is 1. The molecule has 1 unspecified atom stereocenters. The van der Waals surface area contributed by atoms with Crippen LogP contribution in [0.3, 0.4) is 0 Å². The van der Waals surface area contributed by atoms with Crippen LogP contribution in [0.1, 0.15) is 45.4 Å². The number of rotatable bonds is 6. The molecule has 1 aliphatic heterocycles. The third-order valence-corrected chi connectivity index (χ3v) is 6.40. The molecule has 0 radical (unpaired) electrons. The van der Waals surface area contributed by atoms with E-state index in [4.69, 9.17) is 0 Å². The molecule has 1 saturated carbocycles. The van der Waals surface area contributed by atoms with Gasteiger partial charge >= 0.3 is 0 Å². The summed E-state index contributed by atoms with van der Waals surface area (Å²) in [6.45, 7) is 5.43. The van der Waals surface area contributed by atoms with Gasteiger partial charge < -0.3 is 15.5 Å². The molecule has 0 bridgehead atoms. The van der Waals surface area contributed by atoms with Crippen molar-refractivity contribution < 1.29 is 0 Å². The Kier molecular flexibility index (Phi) is 6.68. The quantitative estimate of drug-likeness (QED) is 0.583. The van der Waals surface area contributed by atoms with Crippen molar-refractivity contribution in [2.75, 3.05) is 39.5 Å². The van der Waals surface area contributed by atoms with Gasteiger partial charge in [-0.2, -0.15) is 11.8 Å². The van der Waals surface area contributed by atoms with E-state index in [1.807, 2.05) is 7.05 Å². The third-order valence-electron chi connectivity index (χ3n) is 4.86. The molecule has 1 atom stereocenters. The Morgan fingerprint density at radius 1 is 1.29 bits per heavy atom. The maximum absolute atomic E-state index is 4.34. The highest BCUT2D eigenvalue weighted by Crippen LogP contribution is 2.36. The molecule has 1 aliphatic carbocycles. The average molecular weight is 313 g/mol. The molecule has 4 nitrogen and oxygen atoms in total. The molecule has 2 rings (SSSR count). The van der Waals surface area contributed by atoms with Gasteiger partial charge in [-0.1, -0.05) is 12.8 Å². The normalized spacial score (nSPS) is 27.5. The zero-order valence-electron chi connectivity index (χ0n) is 14.0. The fourth-order valence-electron chi connectivity index (χ4n) is 3.35. The Morgan fingerprint density at radius 3 is 2.67 bits per heavy atom. The molecule has 0 aromatic carbocycles. The van der Waals surface area contributed by atoms with Crippen molar-refractivity contribution in [1.29, 1.82) is 0 Å². The summed E-state index contributed by atoms with van der Waals surface area (Å²) in [5.41, 5.74) is 0. The van der Waals surface area contributed by atoms with Crippen molar-refractivity contribution in [3.05, 3.63) is 0 Å². The van der Waals surface area contributed by atoms with Crippen LogP contribution in [0.5, 0.6) is 0 Å². The highest BCUT2D eigenvalue weighted by Gasteiger charge is 2.29. The summed E-state index contributed by atoms with van der Waals surface area (Å²) >= 11 is 2.09. The van der Waals surface area contributed by atoms with Crippen molar-refractivity contribution >= 4 is 17.7 Å². The minimum absolute atomic E-state index is 0.387. The zero-order chi connectivity index (χ0) is 15.1. The van der Waals surface area contributed by atoms with Crippen LogP contribution >= 0.6 is 11.8 Å². The standard InChI is InChI=1S/C16H32N4S/c1-16(9-6-12-21-16)13-19-15(17-2)18-10-11-20(3)14-7-4-5-8-14/h14H,4-13H2,1-3H3,(H2,17,18,19). The van der Waals surface area contributed by atoms with Gasteiger partial charge in [0.15, 0.2) is 5.96 Å². The Bertz CT molecular complexity index is 333. The summed E-state index contributed by atoms with van der Waals surface area (Å²) in [6.07, 6.45) is 8.22. The summed E-state index contributed by atoms with van der Waals surface area (Å²) in [7, 11) is 4.12. The number of nitrogens with zero attached hydrogens (tertiary/aromatic N) is 2. The molecule has 21 heavy (non-hydrogen) atoms. The van der Waals surface area contributed by atoms with Crippen LogP contribution in [0.4, 0.5) is 0 Å². The zero-order valence-corrected chi connectivity index (χ0v) is 14.8. The third kappa shape index (κ3) is 5.37. The Balaban J connectivity index is 1.63. The van der Waals surface area contributed by atoms with Crippen LogP contribution in [-0.2, 0) is 0 Å². The molecular weight excluding hydrogens is 280 g/mol. The number of guanidine groups is 1. The molecule has 1 saturated heterocycles. The molecule has 2 fully saturated rings. The van der Waals surface area contributed by atoms with E-state index in [0.29, 0.717) is 4.75 Å². The molecule has 0 aromatic heterocycles. The maximum atomic E-state index is 4.34. The molecular formula is C16H32N4S. The van der Waals surface area contributed by atoms with E-state index in [0.717, 1.165) is 31.6 Å². The first kappa shape index (κ1) is 16.9. The van der Waals surface area contributed by atoms with Gasteiger partial charge in [0.2, 0.25) is 0 Å². The van der Waals surface area contributed by atoms with Crippen LogP contribution in [0.15, 0.2) is 4.99 Å². The summed E-state index contributed by atoms with van der Waals surface area (Å²) in [5, 5.41) is 6.95. The molecule has 122 valence electrons. The first-order chi connectivity index (χ1) is 10.1. The highest BCUT2D eigenvalue weighted by molar-refractivity contribution is 8.00. The van der Waals surface area contributed by atoms with Crippen molar-refractivity contribution in [2.45, 2.75) is 56.2 Å². The van der Waals surface area contributed by atoms with E-state index in [9.17, 15) is 0 Å². The lowest BCUT2D eigenvalue weighted by Crippen LogP contribution is -2.46. The lowest BCUT2D eigenvalue weighted by molar-refractivity contribution is 0.249. The molecule has 2 N–H and O–H groups in total. The summed E-state index contributed by atoms with van der Waals surface area (Å²) in [4.78, 5) is 6.84. The first-order valence-corrected chi connectivity index (χ1v) is 9.40. The molecule has 5 heteroatoms. The van der Waals surface area contributed by atoms with Gasteiger partial charge in [-0.05, 0) is 45.4 Å². The minimum Gasteiger partial charge on any atom is -0.355 e. The SMILES string of the molecule is CN=C(NCCN(C)C1CCCC1)NCC1(C)CCCS1. The van der Waals surface area contributed by atoms with Crippen LogP contribution in [0, 0.1) is 0 Å². The van der Waals surface area contributed by atoms with E-state index in [2.05, 4.69) is 46.3 Å². The van der Waals surface area contributed by atoms with Gasteiger partial charge in [-0.3, -0.25) is 4.99 Å². The molecule has 0 aromatic rings. The largest absolute Gasteiger partial charge is 0.355 e. The van der Waals surface area contributed by atoms with Gasteiger partial charge in [-0.15, -0.1) is 0 Å². The van der Waals surface area contributed by atoms with Crippen molar-refractivity contribution in [3.8, 4) is 0 Å². The van der Waals surface area contributed by atoms with Gasteiger partial charge in [0.1, 0.15) is 0 Å². The van der Waals surface area contributed by atoms with Crippen LogP contribution in [0.25, 0.3) is 0 Å². The van der Waals surface area contributed by atoms with Crippen molar-refractivity contribution in [2.24, 2.45) is 4.99 Å². The number of hydrogen-bond donors (Lipinski definition) is 2. The van der Waals surface area contributed by atoms with Crippen LogP contribution in [0.2, 0.25) is 0 Å². The maximum Gasteiger partial charge on any atom is 0.191 e. The second-order valence-corrected chi connectivity index (χ2v) is 8.36. The summed E-state index contributed by atoms with van der Waals surface area (Å²) in [6, 6.07) is 0.801. The van der Waals surface area contributed by atoms with E-state index in [1.165, 1.54) is 44.3 Å². The molecule has 0 spiro atoms. The van der Waals surface area contributed by atoms with Gasteiger partial charge in [0.25, 0.3) is 0 Å². The molecule has 1 heterocycles. The van der Waals surface area contributed by atoms with Crippen LogP contribution < -0.4 is 10.6 Å². The average Bonchev–Trinajstić information content (AvgIpc) is 3.14. The molecule has 0 amide bonds. The number of thioether (sulfide) groups is 1. The van der Waals surface area contributed by atoms with Crippen molar-refractivity contribution in [1.82, 2.24) is 15.5 Å². The smallest absolute Gasteiger partial charge is 0.191 e. The lowest BCUT2D eigenvalue weighted by Gasteiger charge is -2.26. The Labute approximate surface area is 134 Å². The summed E-state index contributed by atoms with van der Waals surface area (Å²) in [5.74, 6) is 2.25. The number of nitrogens with one attached hydrogen (secondary N) is 2.